The number of H-pyrrole nitrogens is 1. The maximum Gasteiger partial charge on any atom is 0.308 e. The van der Waals surface area contributed by atoms with E-state index in [0.29, 0.717) is 16.8 Å². The minimum atomic E-state index is -0.481. The molecule has 0 unspecified atom stereocenters. The van der Waals surface area contributed by atoms with E-state index in [1.165, 1.54) is 25.1 Å². The third-order valence-electron chi connectivity index (χ3n) is 3.97. The number of hydrogen-bond donors (Lipinski definition) is 3. The molecule has 9 nitrogen and oxygen atoms in total. The summed E-state index contributed by atoms with van der Waals surface area (Å²) in [5.74, 6) is -1.08. The fourth-order valence-corrected chi connectivity index (χ4v) is 2.59. The first-order valence-electron chi connectivity index (χ1n) is 8.94. The van der Waals surface area contributed by atoms with Crippen LogP contribution in [-0.4, -0.2) is 28.0 Å². The van der Waals surface area contributed by atoms with Gasteiger partial charge < -0.3 is 15.4 Å². The molecule has 3 N–H and O–H groups in total. The van der Waals surface area contributed by atoms with Crippen LogP contribution in [0.15, 0.2) is 65.5 Å². The van der Waals surface area contributed by atoms with Gasteiger partial charge in [-0.15, -0.1) is 0 Å². The maximum atomic E-state index is 12.6. The molecule has 0 saturated carbocycles. The molecule has 0 radical (unpaired) electrons. The molecule has 0 saturated heterocycles. The lowest BCUT2D eigenvalue weighted by Crippen LogP contribution is -2.26. The Kier molecular flexibility index (Phi) is 6.33. The number of carbonyl (C=O) groups is 3. The van der Waals surface area contributed by atoms with E-state index in [0.717, 1.165) is 0 Å². The number of para-hydroxylation sites is 1. The number of aromatic amines is 1. The summed E-state index contributed by atoms with van der Waals surface area (Å²) in [5, 5.41) is 11.3. The van der Waals surface area contributed by atoms with Crippen LogP contribution < -0.4 is 20.9 Å². The lowest BCUT2D eigenvalue weighted by molar-refractivity contribution is -0.131. The molecule has 3 aromatic rings. The predicted molar refractivity (Wildman–Crippen MR) is 108 cm³/mol. The van der Waals surface area contributed by atoms with Gasteiger partial charge in [-0.3, -0.25) is 19.2 Å². The summed E-state index contributed by atoms with van der Waals surface area (Å²) in [6.07, 6.45) is 0. The van der Waals surface area contributed by atoms with Crippen molar-refractivity contribution in [2.45, 2.75) is 13.5 Å². The van der Waals surface area contributed by atoms with Crippen LogP contribution in [-0.2, 0) is 11.3 Å². The number of ether oxygens (including phenoxy) is 1. The minimum absolute atomic E-state index is 0.0680. The normalized spacial score (nSPS) is 10.2. The molecule has 0 aliphatic rings. The monoisotopic (exact) mass is 406 g/mol. The van der Waals surface area contributed by atoms with Crippen molar-refractivity contribution in [1.29, 1.82) is 0 Å². The van der Waals surface area contributed by atoms with Crippen molar-refractivity contribution in [2.75, 3.05) is 5.32 Å². The first kappa shape index (κ1) is 20.5. The van der Waals surface area contributed by atoms with Gasteiger partial charge in [0.25, 0.3) is 17.4 Å². The van der Waals surface area contributed by atoms with Gasteiger partial charge in [0.15, 0.2) is 0 Å². The van der Waals surface area contributed by atoms with Crippen LogP contribution in [0.1, 0.15) is 33.3 Å². The molecular formula is C21H18N4O5. The second kappa shape index (κ2) is 9.28. The van der Waals surface area contributed by atoms with Crippen molar-refractivity contribution in [3.05, 3.63) is 87.8 Å². The molecule has 30 heavy (non-hydrogen) atoms. The van der Waals surface area contributed by atoms with Gasteiger partial charge in [0.1, 0.15) is 11.4 Å². The Labute approximate surface area is 171 Å². The number of nitrogens with zero attached hydrogens (tertiary/aromatic N) is 1. The summed E-state index contributed by atoms with van der Waals surface area (Å²) in [4.78, 5) is 46.9. The van der Waals surface area contributed by atoms with Crippen molar-refractivity contribution >= 4 is 23.5 Å². The molecule has 0 spiro atoms. The van der Waals surface area contributed by atoms with E-state index < -0.39 is 23.3 Å². The summed E-state index contributed by atoms with van der Waals surface area (Å²) in [7, 11) is 0. The number of rotatable bonds is 6. The molecule has 3 rings (SSSR count). The van der Waals surface area contributed by atoms with Crippen LogP contribution >= 0.6 is 0 Å². The van der Waals surface area contributed by atoms with Crippen LogP contribution in [0.4, 0.5) is 5.69 Å². The highest BCUT2D eigenvalue weighted by molar-refractivity contribution is 6.05. The molecule has 152 valence electrons. The highest BCUT2D eigenvalue weighted by atomic mass is 16.5. The van der Waals surface area contributed by atoms with Gasteiger partial charge in [-0.05, 0) is 35.9 Å². The van der Waals surface area contributed by atoms with Crippen LogP contribution in [0.3, 0.4) is 0 Å². The SMILES string of the molecule is CC(=O)Oc1cccc(C(=O)Nc2ccccc2CNC(=O)c2ccc(=O)[nH]n2)c1. The minimum Gasteiger partial charge on any atom is -0.427 e. The van der Waals surface area contributed by atoms with Crippen LogP contribution in [0.2, 0.25) is 0 Å². The molecular weight excluding hydrogens is 388 g/mol. The Balaban J connectivity index is 1.70. The van der Waals surface area contributed by atoms with E-state index in [2.05, 4.69) is 20.8 Å². The molecule has 2 amide bonds. The van der Waals surface area contributed by atoms with Crippen molar-refractivity contribution in [3.8, 4) is 5.75 Å². The Hall–Kier alpha value is -4.27. The number of hydrogen-bond acceptors (Lipinski definition) is 6. The zero-order chi connectivity index (χ0) is 21.5. The summed E-state index contributed by atoms with van der Waals surface area (Å²) in [5.41, 5.74) is 1.15. The lowest BCUT2D eigenvalue weighted by atomic mass is 10.1. The molecule has 0 atom stereocenters. The molecule has 0 bridgehead atoms. The van der Waals surface area contributed by atoms with Crippen LogP contribution in [0.25, 0.3) is 0 Å². The predicted octanol–water partition coefficient (Wildman–Crippen LogP) is 1.88. The average Bonchev–Trinajstić information content (AvgIpc) is 2.73. The Morgan fingerprint density at radius 3 is 2.53 bits per heavy atom. The Morgan fingerprint density at radius 2 is 1.80 bits per heavy atom. The van der Waals surface area contributed by atoms with E-state index >= 15 is 0 Å². The summed E-state index contributed by atoms with van der Waals surface area (Å²) in [6, 6.07) is 15.7. The maximum absolute atomic E-state index is 12.6. The van der Waals surface area contributed by atoms with E-state index in [-0.39, 0.29) is 18.0 Å². The largest absolute Gasteiger partial charge is 0.427 e. The molecule has 2 aromatic carbocycles. The standard InChI is InChI=1S/C21H18N4O5/c1-13(26)30-16-7-4-6-14(11-16)20(28)23-17-8-3-2-5-15(17)12-22-21(29)18-9-10-19(27)25-24-18/h2-11H,12H2,1H3,(H,22,29)(H,23,28)(H,25,27). The lowest BCUT2D eigenvalue weighted by Gasteiger charge is -2.12. The number of carbonyl (C=O) groups excluding carboxylic acids is 3. The van der Waals surface area contributed by atoms with Gasteiger partial charge in [-0.2, -0.15) is 5.10 Å². The zero-order valence-electron chi connectivity index (χ0n) is 16.0. The van der Waals surface area contributed by atoms with Gasteiger partial charge in [0, 0.05) is 30.8 Å². The van der Waals surface area contributed by atoms with Gasteiger partial charge in [-0.25, -0.2) is 5.10 Å². The van der Waals surface area contributed by atoms with Gasteiger partial charge in [0.05, 0.1) is 0 Å². The highest BCUT2D eigenvalue weighted by Gasteiger charge is 2.12. The summed E-state index contributed by atoms with van der Waals surface area (Å²) < 4.78 is 5.00. The van der Waals surface area contributed by atoms with Gasteiger partial charge in [0.2, 0.25) is 0 Å². The van der Waals surface area contributed by atoms with E-state index in [1.54, 1.807) is 42.5 Å². The molecule has 9 heteroatoms. The first-order chi connectivity index (χ1) is 14.4. The average molecular weight is 406 g/mol. The van der Waals surface area contributed by atoms with Gasteiger partial charge >= 0.3 is 5.97 Å². The summed E-state index contributed by atoms with van der Waals surface area (Å²) >= 11 is 0. The third-order valence-corrected chi connectivity index (χ3v) is 3.97. The molecule has 0 fully saturated rings. The molecule has 1 aromatic heterocycles. The third kappa shape index (κ3) is 5.38. The number of anilines is 1. The van der Waals surface area contributed by atoms with Crippen molar-refractivity contribution < 1.29 is 19.1 Å². The molecule has 0 aliphatic heterocycles. The van der Waals surface area contributed by atoms with E-state index in [4.69, 9.17) is 4.74 Å². The molecule has 1 heterocycles. The molecule has 0 aliphatic carbocycles. The van der Waals surface area contributed by atoms with Crippen molar-refractivity contribution in [2.24, 2.45) is 0 Å². The van der Waals surface area contributed by atoms with Crippen molar-refractivity contribution in [1.82, 2.24) is 15.5 Å². The van der Waals surface area contributed by atoms with E-state index in [9.17, 15) is 19.2 Å². The fourth-order valence-electron chi connectivity index (χ4n) is 2.59. The zero-order valence-corrected chi connectivity index (χ0v) is 16.0. The Bertz CT molecular complexity index is 1140. The quantitative estimate of drug-likeness (QED) is 0.423. The Morgan fingerprint density at radius 1 is 1.00 bits per heavy atom. The topological polar surface area (TPSA) is 130 Å². The van der Waals surface area contributed by atoms with Gasteiger partial charge in [-0.1, -0.05) is 24.3 Å². The fraction of sp³-hybridized carbons (Fsp3) is 0.0952. The highest BCUT2D eigenvalue weighted by Crippen LogP contribution is 2.18. The summed E-state index contributed by atoms with van der Waals surface area (Å²) in [6.45, 7) is 1.41. The number of aromatic nitrogens is 2. The van der Waals surface area contributed by atoms with Crippen LogP contribution in [0, 0.1) is 0 Å². The van der Waals surface area contributed by atoms with E-state index in [1.807, 2.05) is 0 Å². The van der Waals surface area contributed by atoms with Crippen LogP contribution in [0.5, 0.6) is 5.75 Å². The first-order valence-corrected chi connectivity index (χ1v) is 8.94. The number of benzene rings is 2. The smallest absolute Gasteiger partial charge is 0.308 e. The second-order valence-electron chi connectivity index (χ2n) is 6.22. The number of amides is 2. The number of esters is 1. The second-order valence-corrected chi connectivity index (χ2v) is 6.22. The number of nitrogens with one attached hydrogen (secondary N) is 3. The van der Waals surface area contributed by atoms with Crippen molar-refractivity contribution in [3.63, 3.8) is 0 Å².